The van der Waals surface area contributed by atoms with E-state index < -0.39 is 37.3 Å². The van der Waals surface area contributed by atoms with Crippen LogP contribution in [0.4, 0.5) is 0 Å². The molecular formula is C13H17NO6. The Hall–Kier alpha value is -1.51. The van der Waals surface area contributed by atoms with Crippen molar-refractivity contribution in [1.82, 2.24) is 0 Å². The number of benzene rings is 1. The molecule has 0 bridgehead atoms. The summed E-state index contributed by atoms with van der Waals surface area (Å²) >= 11 is 0. The van der Waals surface area contributed by atoms with Crippen LogP contribution >= 0.6 is 0 Å². The van der Waals surface area contributed by atoms with Crippen molar-refractivity contribution in [3.8, 4) is 5.75 Å². The number of para-hydroxylation sites is 1. The second kappa shape index (κ2) is 6.29. The Morgan fingerprint density at radius 2 is 1.85 bits per heavy atom. The van der Waals surface area contributed by atoms with Gasteiger partial charge in [0, 0.05) is 11.8 Å². The molecule has 1 aromatic carbocycles. The minimum atomic E-state index is -1.45. The smallest absolute Gasteiger partial charge is 0.180 e. The van der Waals surface area contributed by atoms with E-state index in [9.17, 15) is 20.4 Å². The van der Waals surface area contributed by atoms with Crippen molar-refractivity contribution in [3.63, 3.8) is 0 Å². The van der Waals surface area contributed by atoms with Crippen molar-refractivity contribution in [1.29, 1.82) is 0 Å². The molecule has 0 aliphatic carbocycles. The first-order valence-corrected chi connectivity index (χ1v) is 6.16. The van der Waals surface area contributed by atoms with Crippen molar-refractivity contribution in [2.45, 2.75) is 30.6 Å². The summed E-state index contributed by atoms with van der Waals surface area (Å²) in [6.45, 7) is -0.523. The molecule has 7 heteroatoms. The molecule has 1 heterocycles. The van der Waals surface area contributed by atoms with Crippen LogP contribution in [0.15, 0.2) is 29.3 Å². The quantitative estimate of drug-likeness (QED) is 0.435. The number of aliphatic imine (C=N–C) groups is 1. The third-order valence-corrected chi connectivity index (χ3v) is 3.19. The highest BCUT2D eigenvalue weighted by atomic mass is 16.6. The van der Waals surface area contributed by atoms with E-state index >= 15 is 0 Å². The molecule has 20 heavy (non-hydrogen) atoms. The van der Waals surface area contributed by atoms with E-state index in [2.05, 4.69) is 4.99 Å². The third kappa shape index (κ3) is 2.97. The van der Waals surface area contributed by atoms with Gasteiger partial charge in [-0.25, -0.2) is 0 Å². The van der Waals surface area contributed by atoms with Gasteiger partial charge in [0.25, 0.3) is 0 Å². The molecule has 0 spiro atoms. The molecular weight excluding hydrogens is 266 g/mol. The molecule has 1 aromatic rings. The number of phenolic OH excluding ortho intramolecular Hbond substituents is 1. The average Bonchev–Trinajstić information content (AvgIpc) is 2.44. The lowest BCUT2D eigenvalue weighted by atomic mass is 9.97. The number of aliphatic hydroxyl groups excluding tert-OH is 4. The van der Waals surface area contributed by atoms with Crippen molar-refractivity contribution < 1.29 is 30.3 Å². The summed E-state index contributed by atoms with van der Waals surface area (Å²) in [7, 11) is 0. The first-order chi connectivity index (χ1) is 9.54. The Morgan fingerprint density at radius 1 is 1.15 bits per heavy atom. The summed E-state index contributed by atoms with van der Waals surface area (Å²) in [4.78, 5) is 3.94. The highest BCUT2D eigenvalue weighted by Crippen LogP contribution is 2.22. The highest BCUT2D eigenvalue weighted by Gasteiger charge is 2.43. The Balaban J connectivity index is 2.14. The van der Waals surface area contributed by atoms with Crippen LogP contribution in [0.25, 0.3) is 0 Å². The van der Waals surface area contributed by atoms with Gasteiger partial charge in [-0.3, -0.25) is 4.99 Å². The van der Waals surface area contributed by atoms with Crippen LogP contribution < -0.4 is 0 Å². The lowest BCUT2D eigenvalue weighted by Crippen LogP contribution is -2.57. The fourth-order valence-electron chi connectivity index (χ4n) is 2.01. The summed E-state index contributed by atoms with van der Waals surface area (Å²) in [6, 6.07) is 5.32. The van der Waals surface area contributed by atoms with Crippen LogP contribution in [-0.4, -0.2) is 69.0 Å². The number of aromatic hydroxyl groups is 1. The Kier molecular flexibility index (Phi) is 4.69. The Labute approximate surface area is 115 Å². The molecule has 0 radical (unpaired) electrons. The van der Waals surface area contributed by atoms with Crippen molar-refractivity contribution in [2.24, 2.45) is 4.99 Å². The average molecular weight is 283 g/mol. The van der Waals surface area contributed by atoms with Gasteiger partial charge in [-0.1, -0.05) is 12.1 Å². The van der Waals surface area contributed by atoms with Crippen LogP contribution in [0.3, 0.4) is 0 Å². The highest BCUT2D eigenvalue weighted by molar-refractivity contribution is 5.83. The van der Waals surface area contributed by atoms with E-state index in [4.69, 9.17) is 9.84 Å². The van der Waals surface area contributed by atoms with Crippen LogP contribution in [0, 0.1) is 0 Å². The van der Waals surface area contributed by atoms with Crippen molar-refractivity contribution >= 4 is 6.21 Å². The molecule has 5 atom stereocenters. The molecule has 1 aliphatic rings. The van der Waals surface area contributed by atoms with Crippen LogP contribution in [0.1, 0.15) is 5.56 Å². The molecule has 0 aromatic heterocycles. The van der Waals surface area contributed by atoms with Gasteiger partial charge in [0.2, 0.25) is 0 Å². The zero-order chi connectivity index (χ0) is 14.7. The van der Waals surface area contributed by atoms with E-state index in [-0.39, 0.29) is 5.75 Å². The largest absolute Gasteiger partial charge is 0.507 e. The van der Waals surface area contributed by atoms with Gasteiger partial charge < -0.3 is 30.3 Å². The van der Waals surface area contributed by atoms with Crippen molar-refractivity contribution in [3.05, 3.63) is 29.8 Å². The minimum Gasteiger partial charge on any atom is -0.507 e. The van der Waals surface area contributed by atoms with E-state index in [1.165, 1.54) is 12.3 Å². The van der Waals surface area contributed by atoms with E-state index in [0.717, 1.165) is 0 Å². The first-order valence-electron chi connectivity index (χ1n) is 6.16. The number of ether oxygens (including phenoxy) is 1. The number of hydrogen-bond donors (Lipinski definition) is 5. The van der Waals surface area contributed by atoms with Gasteiger partial charge in [-0.15, -0.1) is 0 Å². The summed E-state index contributed by atoms with van der Waals surface area (Å²) < 4.78 is 4.97. The second-order valence-corrected chi connectivity index (χ2v) is 4.56. The molecule has 5 N–H and O–H groups in total. The molecule has 5 unspecified atom stereocenters. The first kappa shape index (κ1) is 14.9. The van der Waals surface area contributed by atoms with Gasteiger partial charge in [-0.2, -0.15) is 0 Å². The molecule has 1 saturated heterocycles. The van der Waals surface area contributed by atoms with Gasteiger partial charge >= 0.3 is 0 Å². The van der Waals surface area contributed by atoms with Crippen LogP contribution in [0.2, 0.25) is 0 Å². The third-order valence-electron chi connectivity index (χ3n) is 3.19. The number of hydrogen-bond acceptors (Lipinski definition) is 7. The van der Waals surface area contributed by atoms with Crippen LogP contribution in [0.5, 0.6) is 5.75 Å². The van der Waals surface area contributed by atoms with Gasteiger partial charge in [0.1, 0.15) is 30.1 Å². The fourth-order valence-corrected chi connectivity index (χ4v) is 2.01. The lowest BCUT2D eigenvalue weighted by molar-refractivity contribution is -0.248. The standard InChI is InChI=1S/C13H17NO6/c15-6-9-11(17)12(18)10(13(19)20-9)14-5-7-3-1-2-4-8(7)16/h1-5,9-13,15-19H,6H2. The number of aliphatic hydroxyl groups is 4. The fraction of sp³-hybridized carbons (Fsp3) is 0.462. The maximum Gasteiger partial charge on any atom is 0.180 e. The molecule has 2 rings (SSSR count). The second-order valence-electron chi connectivity index (χ2n) is 4.56. The molecule has 0 amide bonds. The topological polar surface area (TPSA) is 123 Å². The number of nitrogens with zero attached hydrogens (tertiary/aromatic N) is 1. The summed E-state index contributed by atoms with van der Waals surface area (Å²) in [5, 5.41) is 47.8. The molecule has 1 fully saturated rings. The van der Waals surface area contributed by atoms with E-state index in [1.807, 2.05) is 0 Å². The van der Waals surface area contributed by atoms with Gasteiger partial charge in [0.05, 0.1) is 6.61 Å². The molecule has 0 saturated carbocycles. The van der Waals surface area contributed by atoms with Gasteiger partial charge in [0.15, 0.2) is 6.29 Å². The van der Waals surface area contributed by atoms with Crippen LogP contribution in [-0.2, 0) is 4.74 Å². The number of phenols is 1. The SMILES string of the molecule is OCC1OC(O)C(N=Cc2ccccc2O)C(O)C1O. The van der Waals surface area contributed by atoms with E-state index in [0.29, 0.717) is 5.56 Å². The zero-order valence-corrected chi connectivity index (χ0v) is 10.6. The monoisotopic (exact) mass is 283 g/mol. The van der Waals surface area contributed by atoms with E-state index in [1.54, 1.807) is 18.2 Å². The Morgan fingerprint density at radius 3 is 2.50 bits per heavy atom. The zero-order valence-electron chi connectivity index (χ0n) is 10.6. The molecule has 110 valence electrons. The predicted molar refractivity (Wildman–Crippen MR) is 69.5 cm³/mol. The summed E-state index contributed by atoms with van der Waals surface area (Å²) in [5.41, 5.74) is 0.408. The maximum atomic E-state index is 9.88. The lowest BCUT2D eigenvalue weighted by Gasteiger charge is -2.38. The minimum absolute atomic E-state index is 0.00532. The van der Waals surface area contributed by atoms with Gasteiger partial charge in [-0.05, 0) is 12.1 Å². The summed E-state index contributed by atoms with van der Waals surface area (Å²) in [6.07, 6.45) is -3.96. The summed E-state index contributed by atoms with van der Waals surface area (Å²) in [5.74, 6) is 0.00532. The van der Waals surface area contributed by atoms with Crippen molar-refractivity contribution in [2.75, 3.05) is 6.61 Å². The normalized spacial score (nSPS) is 34.5. The predicted octanol–water partition coefficient (Wildman–Crippen LogP) is -1.39. The molecule has 1 aliphatic heterocycles. The molecule has 7 nitrogen and oxygen atoms in total. The maximum absolute atomic E-state index is 9.88. The number of rotatable bonds is 3. The Bertz CT molecular complexity index is 480.